The summed E-state index contributed by atoms with van der Waals surface area (Å²) >= 11 is 0. The van der Waals surface area contributed by atoms with Crippen LogP contribution in [0.4, 0.5) is 14.9 Å². The van der Waals surface area contributed by atoms with Gasteiger partial charge in [0.15, 0.2) is 6.29 Å². The molecule has 1 saturated heterocycles. The molecule has 1 amide bonds. The van der Waals surface area contributed by atoms with Crippen molar-refractivity contribution >= 4 is 22.7 Å². The standard InChI is InChI=1S/C28H35FN2O4/c1-28(2,3)35-27(32)31(16-13-21-7-10-23(29)11-8-21)24-12-9-22-14-15-30(25(22)20-24)17-19-34-26-6-4-5-18-33-26/h7-12,14-15,20,26H,4-6,13,16-19H2,1-3H3. The summed E-state index contributed by atoms with van der Waals surface area (Å²) in [7, 11) is 0. The van der Waals surface area contributed by atoms with Gasteiger partial charge in [-0.25, -0.2) is 9.18 Å². The van der Waals surface area contributed by atoms with Gasteiger partial charge in [-0.05, 0) is 87.7 Å². The third-order valence-electron chi connectivity index (χ3n) is 5.99. The largest absolute Gasteiger partial charge is 0.443 e. The van der Waals surface area contributed by atoms with Crippen molar-refractivity contribution in [3.63, 3.8) is 0 Å². The summed E-state index contributed by atoms with van der Waals surface area (Å²) in [5.41, 5.74) is 2.11. The summed E-state index contributed by atoms with van der Waals surface area (Å²) in [5, 5.41) is 1.09. The van der Waals surface area contributed by atoms with Gasteiger partial charge in [0.05, 0.1) is 12.1 Å². The molecule has 1 unspecified atom stereocenters. The van der Waals surface area contributed by atoms with Crippen LogP contribution in [0.15, 0.2) is 54.7 Å². The molecule has 0 N–H and O–H groups in total. The number of ether oxygens (including phenoxy) is 3. The van der Waals surface area contributed by atoms with Crippen molar-refractivity contribution < 1.29 is 23.4 Å². The number of halogens is 1. The molecule has 1 fully saturated rings. The molecule has 2 aromatic carbocycles. The molecule has 6 nitrogen and oxygen atoms in total. The minimum atomic E-state index is -0.617. The molecular formula is C28H35FN2O4. The molecule has 2 heterocycles. The normalized spacial score (nSPS) is 16.4. The molecule has 0 radical (unpaired) electrons. The van der Waals surface area contributed by atoms with Crippen molar-refractivity contribution in [2.45, 2.75) is 64.9 Å². The number of rotatable bonds is 8. The summed E-state index contributed by atoms with van der Waals surface area (Å²) < 4.78 is 32.7. The zero-order valence-electron chi connectivity index (χ0n) is 20.8. The number of amides is 1. The monoisotopic (exact) mass is 482 g/mol. The Morgan fingerprint density at radius 1 is 1.14 bits per heavy atom. The summed E-state index contributed by atoms with van der Waals surface area (Å²) in [6, 6.07) is 14.4. The van der Waals surface area contributed by atoms with Gasteiger partial charge < -0.3 is 18.8 Å². The molecule has 1 aliphatic heterocycles. The Morgan fingerprint density at radius 3 is 2.66 bits per heavy atom. The smallest absolute Gasteiger partial charge is 0.414 e. The molecule has 0 bridgehead atoms. The first-order valence-electron chi connectivity index (χ1n) is 12.4. The number of benzene rings is 2. The molecule has 0 aliphatic carbocycles. The first kappa shape index (κ1) is 25.2. The maximum atomic E-state index is 13.3. The van der Waals surface area contributed by atoms with Crippen LogP contribution in [0.2, 0.25) is 0 Å². The third-order valence-corrected chi connectivity index (χ3v) is 5.99. The van der Waals surface area contributed by atoms with Gasteiger partial charge in [0, 0.05) is 31.6 Å². The molecule has 1 aliphatic rings. The zero-order chi connectivity index (χ0) is 24.8. The Bertz CT molecular complexity index is 1110. The van der Waals surface area contributed by atoms with Crippen molar-refractivity contribution in [3.8, 4) is 0 Å². The van der Waals surface area contributed by atoms with Gasteiger partial charge in [0.25, 0.3) is 0 Å². The number of aromatic nitrogens is 1. The highest BCUT2D eigenvalue weighted by Crippen LogP contribution is 2.26. The minimum Gasteiger partial charge on any atom is -0.443 e. The maximum Gasteiger partial charge on any atom is 0.414 e. The van der Waals surface area contributed by atoms with Crippen molar-refractivity contribution in [2.24, 2.45) is 0 Å². The van der Waals surface area contributed by atoms with Gasteiger partial charge in [0.2, 0.25) is 0 Å². The maximum absolute atomic E-state index is 13.3. The van der Waals surface area contributed by atoms with Crippen LogP contribution in [0.5, 0.6) is 0 Å². The molecule has 0 saturated carbocycles. The molecular weight excluding hydrogens is 447 g/mol. The van der Waals surface area contributed by atoms with Gasteiger partial charge in [-0.3, -0.25) is 4.90 Å². The highest BCUT2D eigenvalue weighted by Gasteiger charge is 2.24. The summed E-state index contributed by atoms with van der Waals surface area (Å²) in [5.74, 6) is -0.275. The SMILES string of the molecule is CC(C)(C)OC(=O)N(CCc1ccc(F)cc1)c1ccc2ccn(CCOC3CCCCO3)c2c1. The first-order valence-corrected chi connectivity index (χ1v) is 12.4. The van der Waals surface area contributed by atoms with Crippen LogP contribution in [0, 0.1) is 5.82 Å². The van der Waals surface area contributed by atoms with Gasteiger partial charge in [-0.2, -0.15) is 0 Å². The van der Waals surface area contributed by atoms with E-state index in [-0.39, 0.29) is 12.1 Å². The van der Waals surface area contributed by atoms with E-state index < -0.39 is 11.7 Å². The Kier molecular flexibility index (Phi) is 8.08. The lowest BCUT2D eigenvalue weighted by Gasteiger charge is -2.28. The minimum absolute atomic E-state index is 0.116. The molecule has 1 atom stereocenters. The molecule has 0 spiro atoms. The fraction of sp³-hybridized carbons (Fsp3) is 0.464. The number of carbonyl (C=O) groups excluding carboxylic acids is 1. The van der Waals surface area contributed by atoms with Crippen LogP contribution >= 0.6 is 0 Å². The number of hydrogen-bond acceptors (Lipinski definition) is 4. The van der Waals surface area contributed by atoms with E-state index in [4.69, 9.17) is 14.2 Å². The second-order valence-corrected chi connectivity index (χ2v) is 9.93. The van der Waals surface area contributed by atoms with Gasteiger partial charge in [0.1, 0.15) is 11.4 Å². The Hall–Kier alpha value is -2.90. The van der Waals surface area contributed by atoms with Gasteiger partial charge in [-0.1, -0.05) is 18.2 Å². The molecule has 4 rings (SSSR count). The van der Waals surface area contributed by atoms with Crippen LogP contribution < -0.4 is 4.90 Å². The number of anilines is 1. The topological polar surface area (TPSA) is 52.9 Å². The highest BCUT2D eigenvalue weighted by molar-refractivity contribution is 5.92. The Labute approximate surface area is 206 Å². The lowest BCUT2D eigenvalue weighted by molar-refractivity contribution is -0.163. The number of hydrogen-bond donors (Lipinski definition) is 0. The average Bonchev–Trinajstić information content (AvgIpc) is 3.22. The quantitative estimate of drug-likeness (QED) is 0.378. The molecule has 3 aromatic rings. The summed E-state index contributed by atoms with van der Waals surface area (Å²) in [6.07, 6.45) is 5.27. The number of fused-ring (bicyclic) bond motifs is 1. The van der Waals surface area contributed by atoms with Crippen molar-refractivity contribution in [2.75, 3.05) is 24.7 Å². The number of carbonyl (C=O) groups is 1. The summed E-state index contributed by atoms with van der Waals surface area (Å²) in [4.78, 5) is 14.8. The van der Waals surface area contributed by atoms with Gasteiger partial charge >= 0.3 is 6.09 Å². The van der Waals surface area contributed by atoms with E-state index in [0.717, 1.165) is 48.0 Å². The van der Waals surface area contributed by atoms with E-state index in [0.29, 0.717) is 26.1 Å². The average molecular weight is 483 g/mol. The van der Waals surface area contributed by atoms with E-state index >= 15 is 0 Å². The van der Waals surface area contributed by atoms with Crippen molar-refractivity contribution in [1.82, 2.24) is 4.57 Å². The van der Waals surface area contributed by atoms with E-state index in [1.54, 1.807) is 17.0 Å². The van der Waals surface area contributed by atoms with Crippen LogP contribution in [0.3, 0.4) is 0 Å². The van der Waals surface area contributed by atoms with Gasteiger partial charge in [-0.15, -0.1) is 0 Å². The third kappa shape index (κ3) is 7.05. The van der Waals surface area contributed by atoms with Crippen LogP contribution in [-0.4, -0.2) is 42.3 Å². The van der Waals surface area contributed by atoms with E-state index in [9.17, 15) is 9.18 Å². The lowest BCUT2D eigenvalue weighted by Crippen LogP contribution is -2.38. The fourth-order valence-electron chi connectivity index (χ4n) is 4.20. The van der Waals surface area contributed by atoms with Crippen molar-refractivity contribution in [1.29, 1.82) is 0 Å². The fourth-order valence-corrected chi connectivity index (χ4v) is 4.20. The van der Waals surface area contributed by atoms with E-state index in [2.05, 4.69) is 10.6 Å². The van der Waals surface area contributed by atoms with Crippen LogP contribution in [0.1, 0.15) is 45.6 Å². The molecule has 188 valence electrons. The molecule has 1 aromatic heterocycles. The van der Waals surface area contributed by atoms with E-state index in [1.165, 1.54) is 12.1 Å². The molecule has 35 heavy (non-hydrogen) atoms. The summed E-state index contributed by atoms with van der Waals surface area (Å²) in [6.45, 7) is 7.98. The second kappa shape index (κ2) is 11.2. The lowest BCUT2D eigenvalue weighted by atomic mass is 10.1. The Morgan fingerprint density at radius 2 is 1.94 bits per heavy atom. The van der Waals surface area contributed by atoms with Crippen LogP contribution in [-0.2, 0) is 27.2 Å². The Balaban J connectivity index is 1.51. The number of nitrogens with zero attached hydrogens (tertiary/aromatic N) is 2. The van der Waals surface area contributed by atoms with Crippen LogP contribution in [0.25, 0.3) is 10.9 Å². The second-order valence-electron chi connectivity index (χ2n) is 9.93. The van der Waals surface area contributed by atoms with E-state index in [1.807, 2.05) is 45.2 Å². The predicted molar refractivity (Wildman–Crippen MR) is 135 cm³/mol. The van der Waals surface area contributed by atoms with Crippen molar-refractivity contribution in [3.05, 3.63) is 66.1 Å². The zero-order valence-corrected chi connectivity index (χ0v) is 20.8. The first-order chi connectivity index (χ1) is 16.8. The highest BCUT2D eigenvalue weighted by atomic mass is 19.1. The predicted octanol–water partition coefficient (Wildman–Crippen LogP) is 6.31. The molecule has 7 heteroatoms.